The van der Waals surface area contributed by atoms with E-state index in [4.69, 9.17) is 0 Å². The minimum Gasteiger partial charge on any atom is -0.748 e. The molecule has 0 bridgehead atoms. The molecule has 1 heterocycles. The first-order valence-electron chi connectivity index (χ1n) is 11.2. The molecule has 0 aromatic rings. The number of hydrogen-bond acceptors (Lipinski definition) is 3. The summed E-state index contributed by atoms with van der Waals surface area (Å²) in [6.45, 7) is 4.31. The van der Waals surface area contributed by atoms with Gasteiger partial charge in [-0.05, 0) is 25.7 Å². The summed E-state index contributed by atoms with van der Waals surface area (Å²) in [6, 6.07) is -0.00337. The van der Waals surface area contributed by atoms with Crippen molar-refractivity contribution in [3.63, 3.8) is 0 Å². The van der Waals surface area contributed by atoms with Crippen LogP contribution in [0.1, 0.15) is 103 Å². The molecular formula is C21H43NO3S. The maximum Gasteiger partial charge on any atom is 0.102 e. The molecule has 1 unspecified atom stereocenters. The van der Waals surface area contributed by atoms with Crippen molar-refractivity contribution in [2.45, 2.75) is 109 Å². The molecule has 1 aliphatic heterocycles. The highest BCUT2D eigenvalue weighted by Gasteiger charge is 2.34. The predicted octanol–water partition coefficient (Wildman–Crippen LogP) is 5.23. The SMILES string of the molecule is CCCCCCCCCCCCCC(CS(=O)(=O)[O-])[N+]1(C)CCCCC1. The molecule has 26 heavy (non-hydrogen) atoms. The number of unbranched alkanes of at least 4 members (excludes halogenated alkanes) is 10. The molecule has 0 spiro atoms. The van der Waals surface area contributed by atoms with Crippen LogP contribution < -0.4 is 0 Å². The van der Waals surface area contributed by atoms with Crippen molar-refractivity contribution < 1.29 is 17.5 Å². The van der Waals surface area contributed by atoms with Gasteiger partial charge < -0.3 is 9.04 Å². The second kappa shape index (κ2) is 13.1. The molecule has 0 radical (unpaired) electrons. The molecule has 0 aliphatic carbocycles. The van der Waals surface area contributed by atoms with E-state index < -0.39 is 10.1 Å². The molecule has 0 amide bonds. The van der Waals surface area contributed by atoms with Crippen molar-refractivity contribution in [2.24, 2.45) is 0 Å². The summed E-state index contributed by atoms with van der Waals surface area (Å²) < 4.78 is 34.9. The Hall–Kier alpha value is -0.130. The van der Waals surface area contributed by atoms with Crippen LogP contribution in [0.25, 0.3) is 0 Å². The molecule has 0 N–H and O–H groups in total. The van der Waals surface area contributed by atoms with Crippen LogP contribution in [-0.2, 0) is 10.1 Å². The highest BCUT2D eigenvalue weighted by molar-refractivity contribution is 7.85. The predicted molar refractivity (Wildman–Crippen MR) is 109 cm³/mol. The Morgan fingerprint density at radius 1 is 0.808 bits per heavy atom. The highest BCUT2D eigenvalue weighted by Crippen LogP contribution is 2.25. The van der Waals surface area contributed by atoms with Crippen molar-refractivity contribution >= 4 is 10.1 Å². The van der Waals surface area contributed by atoms with E-state index in [9.17, 15) is 13.0 Å². The van der Waals surface area contributed by atoms with Crippen LogP contribution in [0.15, 0.2) is 0 Å². The van der Waals surface area contributed by atoms with Gasteiger partial charge in [0, 0.05) is 6.42 Å². The number of hydrogen-bond donors (Lipinski definition) is 0. The van der Waals surface area contributed by atoms with E-state index in [-0.39, 0.29) is 11.8 Å². The van der Waals surface area contributed by atoms with Crippen LogP contribution in [-0.4, -0.2) is 49.4 Å². The first kappa shape index (κ1) is 23.9. The highest BCUT2D eigenvalue weighted by atomic mass is 32.2. The van der Waals surface area contributed by atoms with Gasteiger partial charge in [0.1, 0.15) is 16.2 Å². The lowest BCUT2D eigenvalue weighted by Gasteiger charge is -2.44. The Morgan fingerprint density at radius 2 is 1.27 bits per heavy atom. The fourth-order valence-electron chi connectivity index (χ4n) is 4.45. The molecular weight excluding hydrogens is 346 g/mol. The summed E-state index contributed by atoms with van der Waals surface area (Å²) >= 11 is 0. The summed E-state index contributed by atoms with van der Waals surface area (Å²) in [5.74, 6) is -0.179. The molecule has 1 rings (SSSR count). The van der Waals surface area contributed by atoms with Crippen molar-refractivity contribution in [1.29, 1.82) is 0 Å². The maximum atomic E-state index is 11.4. The lowest BCUT2D eigenvalue weighted by Crippen LogP contribution is -2.57. The molecule has 0 aromatic carbocycles. The number of likely N-dealkylation sites (tertiary alicyclic amines) is 1. The summed E-state index contributed by atoms with van der Waals surface area (Å²) in [4.78, 5) is 0. The van der Waals surface area contributed by atoms with Crippen LogP contribution in [0.3, 0.4) is 0 Å². The van der Waals surface area contributed by atoms with Gasteiger partial charge in [0.2, 0.25) is 0 Å². The molecule has 156 valence electrons. The van der Waals surface area contributed by atoms with Gasteiger partial charge in [-0.2, -0.15) is 0 Å². The van der Waals surface area contributed by atoms with Gasteiger partial charge in [-0.15, -0.1) is 0 Å². The quantitative estimate of drug-likeness (QED) is 0.219. The van der Waals surface area contributed by atoms with E-state index in [1.165, 1.54) is 70.6 Å². The largest absolute Gasteiger partial charge is 0.748 e. The third-order valence-electron chi connectivity index (χ3n) is 6.26. The van der Waals surface area contributed by atoms with Gasteiger partial charge >= 0.3 is 0 Å². The average Bonchev–Trinajstić information content (AvgIpc) is 2.58. The smallest absolute Gasteiger partial charge is 0.102 e. The molecule has 1 fully saturated rings. The third kappa shape index (κ3) is 10.9. The lowest BCUT2D eigenvalue weighted by molar-refractivity contribution is -0.935. The standard InChI is InChI=1S/C21H43NO3S/c1-3-4-5-6-7-8-9-10-11-12-14-17-21(20-26(23,24)25)22(2)18-15-13-16-19-22/h21H,3-20H2,1-2H3. The van der Waals surface area contributed by atoms with Gasteiger partial charge in [-0.1, -0.05) is 71.1 Å². The van der Waals surface area contributed by atoms with Gasteiger partial charge in [-0.25, -0.2) is 8.42 Å². The monoisotopic (exact) mass is 389 g/mol. The summed E-state index contributed by atoms with van der Waals surface area (Å²) in [7, 11) is -1.98. The summed E-state index contributed by atoms with van der Waals surface area (Å²) in [6.07, 6.45) is 18.7. The van der Waals surface area contributed by atoms with Crippen LogP contribution in [0, 0.1) is 0 Å². The number of quaternary nitrogens is 1. The topological polar surface area (TPSA) is 57.2 Å². The van der Waals surface area contributed by atoms with E-state index >= 15 is 0 Å². The Kier molecular flexibility index (Phi) is 12.1. The molecule has 4 nitrogen and oxygen atoms in total. The van der Waals surface area contributed by atoms with Crippen molar-refractivity contribution in [3.05, 3.63) is 0 Å². The fraction of sp³-hybridized carbons (Fsp3) is 1.00. The molecule has 5 heteroatoms. The third-order valence-corrected chi connectivity index (χ3v) is 7.05. The molecule has 0 saturated carbocycles. The minimum atomic E-state index is -4.14. The van der Waals surface area contributed by atoms with Crippen molar-refractivity contribution in [2.75, 3.05) is 25.9 Å². The van der Waals surface area contributed by atoms with E-state index in [0.29, 0.717) is 0 Å². The fourth-order valence-corrected chi connectivity index (χ4v) is 5.45. The van der Waals surface area contributed by atoms with Crippen LogP contribution >= 0.6 is 0 Å². The zero-order valence-electron chi connectivity index (χ0n) is 17.4. The summed E-state index contributed by atoms with van der Waals surface area (Å²) in [5, 5.41) is 0. The van der Waals surface area contributed by atoms with E-state index in [1.807, 2.05) is 0 Å². The number of nitrogens with zero attached hydrogens (tertiary/aromatic N) is 1. The first-order chi connectivity index (χ1) is 12.4. The van der Waals surface area contributed by atoms with Crippen LogP contribution in [0.2, 0.25) is 0 Å². The molecule has 1 saturated heterocycles. The van der Waals surface area contributed by atoms with Gasteiger partial charge in [0.05, 0.1) is 25.9 Å². The van der Waals surface area contributed by atoms with Crippen LogP contribution in [0.4, 0.5) is 0 Å². The number of rotatable bonds is 15. The van der Waals surface area contributed by atoms with Gasteiger partial charge in [0.15, 0.2) is 0 Å². The Morgan fingerprint density at radius 3 is 1.73 bits per heavy atom. The van der Waals surface area contributed by atoms with E-state index in [2.05, 4.69) is 14.0 Å². The molecule has 0 aromatic heterocycles. The second-order valence-corrected chi connectivity index (χ2v) is 10.1. The normalized spacial score (nSPS) is 18.7. The zero-order valence-corrected chi connectivity index (χ0v) is 18.2. The Labute approximate surface area is 163 Å². The minimum absolute atomic E-state index is 0.00337. The number of piperidine rings is 1. The van der Waals surface area contributed by atoms with Crippen molar-refractivity contribution in [3.8, 4) is 0 Å². The maximum absolute atomic E-state index is 11.4. The molecule has 1 atom stereocenters. The van der Waals surface area contributed by atoms with E-state index in [0.717, 1.165) is 43.3 Å². The summed E-state index contributed by atoms with van der Waals surface area (Å²) in [5.41, 5.74) is 0. The van der Waals surface area contributed by atoms with Crippen molar-refractivity contribution in [1.82, 2.24) is 0 Å². The van der Waals surface area contributed by atoms with E-state index in [1.54, 1.807) is 0 Å². The molecule has 1 aliphatic rings. The first-order valence-corrected chi connectivity index (χ1v) is 12.7. The van der Waals surface area contributed by atoms with Crippen LogP contribution in [0.5, 0.6) is 0 Å². The Bertz CT molecular complexity index is 444. The zero-order chi connectivity index (χ0) is 19.3. The van der Waals surface area contributed by atoms with Gasteiger partial charge in [-0.3, -0.25) is 0 Å². The second-order valence-electron chi connectivity index (χ2n) is 8.69. The lowest BCUT2D eigenvalue weighted by atomic mass is 10.00. The Balaban J connectivity index is 2.19. The van der Waals surface area contributed by atoms with Gasteiger partial charge in [0.25, 0.3) is 0 Å². The average molecular weight is 390 g/mol.